The van der Waals surface area contributed by atoms with Gasteiger partial charge < -0.3 is 10.1 Å². The molecule has 0 radical (unpaired) electrons. The van der Waals surface area contributed by atoms with Gasteiger partial charge in [0.15, 0.2) is 4.18 Å². The van der Waals surface area contributed by atoms with Crippen LogP contribution in [0.5, 0.6) is 0 Å². The van der Waals surface area contributed by atoms with Crippen molar-refractivity contribution in [1.82, 2.24) is 5.32 Å². The third kappa shape index (κ3) is 4.74. The molecule has 0 spiro atoms. The Morgan fingerprint density at radius 1 is 1.00 bits per heavy atom. The van der Waals surface area contributed by atoms with Gasteiger partial charge in [0, 0.05) is 0 Å². The van der Waals surface area contributed by atoms with E-state index in [9.17, 15) is 4.79 Å². The summed E-state index contributed by atoms with van der Waals surface area (Å²) in [7, 11) is 0. The van der Waals surface area contributed by atoms with Crippen molar-refractivity contribution in [2.24, 2.45) is 0 Å². The highest BCUT2D eigenvalue weighted by Gasteiger charge is 2.43. The standard InChI is InChI=1S/C23H18FIN2O2/c24-21(25)23(19-9-5-2-6-10-19,20-13-11-17(15-26)12-14-20)27-22(28)29-16-18-7-3-1-4-8-18/h1-14,21H,16H2,(H,27,28). The third-order valence-electron chi connectivity index (χ3n) is 4.54. The van der Waals surface area contributed by atoms with Gasteiger partial charge in [0.1, 0.15) is 12.1 Å². The maximum absolute atomic E-state index is 15.1. The Kier molecular flexibility index (Phi) is 6.83. The molecule has 0 aliphatic heterocycles. The smallest absolute Gasteiger partial charge is 0.408 e. The van der Waals surface area contributed by atoms with Crippen LogP contribution >= 0.6 is 22.6 Å². The topological polar surface area (TPSA) is 62.1 Å². The Hall–Kier alpha value is -2.92. The van der Waals surface area contributed by atoms with Gasteiger partial charge in [-0.25, -0.2) is 9.18 Å². The van der Waals surface area contributed by atoms with Gasteiger partial charge in [-0.1, -0.05) is 72.8 Å². The Morgan fingerprint density at radius 2 is 1.55 bits per heavy atom. The summed E-state index contributed by atoms with van der Waals surface area (Å²) in [5.41, 5.74) is 0.900. The molecule has 2 unspecified atom stereocenters. The monoisotopic (exact) mass is 500 g/mol. The van der Waals surface area contributed by atoms with Gasteiger partial charge in [0.05, 0.1) is 11.6 Å². The molecule has 3 rings (SSSR count). The van der Waals surface area contributed by atoms with Crippen LogP contribution in [-0.2, 0) is 16.9 Å². The highest BCUT2D eigenvalue weighted by atomic mass is 127. The first-order chi connectivity index (χ1) is 14.1. The van der Waals surface area contributed by atoms with Gasteiger partial charge >= 0.3 is 6.09 Å². The zero-order valence-corrected chi connectivity index (χ0v) is 17.5. The van der Waals surface area contributed by atoms with Crippen molar-refractivity contribution >= 4 is 28.7 Å². The van der Waals surface area contributed by atoms with Gasteiger partial charge in [-0.2, -0.15) is 5.26 Å². The average Bonchev–Trinajstić information content (AvgIpc) is 2.77. The molecule has 29 heavy (non-hydrogen) atoms. The number of nitriles is 1. The van der Waals surface area contributed by atoms with Gasteiger partial charge in [-0.05, 0) is 51.4 Å². The average molecular weight is 500 g/mol. The second-order valence-electron chi connectivity index (χ2n) is 6.35. The van der Waals surface area contributed by atoms with Crippen molar-refractivity contribution in [3.05, 3.63) is 107 Å². The molecule has 146 valence electrons. The van der Waals surface area contributed by atoms with Gasteiger partial charge in [-0.3, -0.25) is 0 Å². The summed E-state index contributed by atoms with van der Waals surface area (Å²) < 4.78 is 19.0. The van der Waals surface area contributed by atoms with E-state index in [-0.39, 0.29) is 6.61 Å². The number of nitrogens with one attached hydrogen (secondary N) is 1. The summed E-state index contributed by atoms with van der Waals surface area (Å²) >= 11 is 1.65. The number of rotatable bonds is 6. The molecule has 0 aliphatic rings. The molecule has 0 aromatic heterocycles. The molecule has 0 saturated carbocycles. The number of carbonyl (C=O) groups is 1. The lowest BCUT2D eigenvalue weighted by Crippen LogP contribution is -2.51. The van der Waals surface area contributed by atoms with E-state index >= 15 is 4.39 Å². The Balaban J connectivity index is 1.95. The minimum Gasteiger partial charge on any atom is -0.445 e. The predicted octanol–water partition coefficient (Wildman–Crippen LogP) is 5.46. The minimum absolute atomic E-state index is 0.0725. The van der Waals surface area contributed by atoms with Crippen molar-refractivity contribution < 1.29 is 13.9 Å². The number of ether oxygens (including phenoxy) is 1. The lowest BCUT2D eigenvalue weighted by Gasteiger charge is -2.36. The second kappa shape index (κ2) is 9.52. The third-order valence-corrected chi connectivity index (χ3v) is 5.47. The fourth-order valence-electron chi connectivity index (χ4n) is 3.05. The summed E-state index contributed by atoms with van der Waals surface area (Å²) in [5, 5.41) is 11.8. The van der Waals surface area contributed by atoms with Gasteiger partial charge in [0.25, 0.3) is 0 Å². The first-order valence-electron chi connectivity index (χ1n) is 8.89. The van der Waals surface area contributed by atoms with E-state index in [1.54, 1.807) is 71.1 Å². The van der Waals surface area contributed by atoms with Crippen LogP contribution < -0.4 is 5.32 Å². The number of hydrogen-bond acceptors (Lipinski definition) is 3. The molecular weight excluding hydrogens is 482 g/mol. The molecule has 0 saturated heterocycles. The number of benzene rings is 3. The predicted molar refractivity (Wildman–Crippen MR) is 117 cm³/mol. The Bertz CT molecular complexity index is 989. The summed E-state index contributed by atoms with van der Waals surface area (Å²) in [4.78, 5) is 12.7. The molecule has 0 fully saturated rings. The molecule has 0 heterocycles. The van der Waals surface area contributed by atoms with Crippen molar-refractivity contribution in [1.29, 1.82) is 5.26 Å². The molecule has 4 nitrogen and oxygen atoms in total. The molecule has 0 aliphatic carbocycles. The van der Waals surface area contributed by atoms with Crippen LogP contribution in [0.1, 0.15) is 22.3 Å². The summed E-state index contributed by atoms with van der Waals surface area (Å²) in [6.45, 7) is 0.0725. The molecular formula is C23H18FIN2O2. The van der Waals surface area contributed by atoms with E-state index < -0.39 is 15.8 Å². The first-order valence-corrected chi connectivity index (χ1v) is 10.1. The summed E-state index contributed by atoms with van der Waals surface area (Å²) in [6, 6.07) is 26.7. The molecule has 1 amide bonds. The van der Waals surface area contributed by atoms with E-state index in [1.807, 2.05) is 42.5 Å². The number of alkyl carbamates (subject to hydrolysis) is 1. The van der Waals surface area contributed by atoms with Gasteiger partial charge in [0.2, 0.25) is 0 Å². The van der Waals surface area contributed by atoms with Crippen LogP contribution in [0.4, 0.5) is 9.18 Å². The molecule has 0 bridgehead atoms. The molecule has 2 atom stereocenters. The number of nitrogens with zero attached hydrogens (tertiary/aromatic N) is 1. The van der Waals surface area contributed by atoms with E-state index in [0.29, 0.717) is 16.7 Å². The Labute approximate surface area is 182 Å². The Morgan fingerprint density at radius 3 is 2.10 bits per heavy atom. The van der Waals surface area contributed by atoms with E-state index in [2.05, 4.69) is 5.32 Å². The lowest BCUT2D eigenvalue weighted by molar-refractivity contribution is 0.124. The quantitative estimate of drug-likeness (QED) is 0.361. The van der Waals surface area contributed by atoms with Gasteiger partial charge in [-0.15, -0.1) is 0 Å². The van der Waals surface area contributed by atoms with Crippen molar-refractivity contribution in [3.63, 3.8) is 0 Å². The molecule has 3 aromatic rings. The first kappa shape index (κ1) is 20.8. The van der Waals surface area contributed by atoms with Crippen molar-refractivity contribution in [3.8, 4) is 6.07 Å². The van der Waals surface area contributed by atoms with Crippen LogP contribution in [0, 0.1) is 11.3 Å². The number of alkyl halides is 2. The zero-order valence-electron chi connectivity index (χ0n) is 15.4. The normalized spacial score (nSPS) is 13.6. The van der Waals surface area contributed by atoms with E-state index in [0.717, 1.165) is 5.56 Å². The minimum atomic E-state index is -1.50. The number of hydrogen-bond donors (Lipinski definition) is 1. The summed E-state index contributed by atoms with van der Waals surface area (Å²) in [6.07, 6.45) is -0.735. The number of carbonyl (C=O) groups excluding carboxylic acids is 1. The fraction of sp³-hybridized carbons (Fsp3) is 0.130. The molecule has 3 aromatic carbocycles. The van der Waals surface area contributed by atoms with E-state index in [1.165, 1.54) is 0 Å². The highest BCUT2D eigenvalue weighted by Crippen LogP contribution is 2.38. The van der Waals surface area contributed by atoms with Crippen LogP contribution in [-0.4, -0.2) is 10.3 Å². The van der Waals surface area contributed by atoms with Crippen LogP contribution in [0.25, 0.3) is 0 Å². The largest absolute Gasteiger partial charge is 0.445 e. The zero-order chi connectivity index (χ0) is 20.7. The maximum atomic E-state index is 15.1. The van der Waals surface area contributed by atoms with Crippen LogP contribution in [0.2, 0.25) is 0 Å². The molecule has 6 heteroatoms. The highest BCUT2D eigenvalue weighted by molar-refractivity contribution is 14.1. The molecule has 1 N–H and O–H groups in total. The fourth-order valence-corrected chi connectivity index (χ4v) is 3.92. The number of amides is 1. The van der Waals surface area contributed by atoms with Crippen LogP contribution in [0.3, 0.4) is 0 Å². The maximum Gasteiger partial charge on any atom is 0.408 e. The van der Waals surface area contributed by atoms with Crippen molar-refractivity contribution in [2.45, 2.75) is 16.3 Å². The summed E-state index contributed by atoms with van der Waals surface area (Å²) in [5.74, 6) is 0. The van der Waals surface area contributed by atoms with Crippen molar-refractivity contribution in [2.75, 3.05) is 0 Å². The second-order valence-corrected chi connectivity index (χ2v) is 7.44. The van der Waals surface area contributed by atoms with Crippen LogP contribution in [0.15, 0.2) is 84.9 Å². The lowest BCUT2D eigenvalue weighted by atomic mass is 9.83. The number of halogens is 2. The van der Waals surface area contributed by atoms with E-state index in [4.69, 9.17) is 10.00 Å². The SMILES string of the molecule is N#Cc1ccc(C(NC(=O)OCc2ccccc2)(c2ccccc2)C(F)I)cc1.